The molecule has 1 atom stereocenters. The van der Waals surface area contributed by atoms with E-state index in [-0.39, 0.29) is 12.0 Å². The molecular formula is C19H21ClN2O5S. The van der Waals surface area contributed by atoms with Gasteiger partial charge in [0.15, 0.2) is 0 Å². The van der Waals surface area contributed by atoms with E-state index in [4.69, 9.17) is 11.6 Å². The summed E-state index contributed by atoms with van der Waals surface area (Å²) in [6.07, 6.45) is 1.25. The second-order valence-corrected chi connectivity index (χ2v) is 8.32. The van der Waals surface area contributed by atoms with Crippen LogP contribution in [0.3, 0.4) is 0 Å². The Kier molecular flexibility index (Phi) is 7.04. The number of sulfonamides is 1. The molecule has 2 aromatic rings. The lowest BCUT2D eigenvalue weighted by Crippen LogP contribution is -2.47. The average Bonchev–Trinajstić information content (AvgIpc) is 2.64. The minimum Gasteiger partial charge on any atom is -0.465 e. The van der Waals surface area contributed by atoms with Gasteiger partial charge in [-0.25, -0.2) is 13.2 Å². The second-order valence-electron chi connectivity index (χ2n) is 6.02. The Morgan fingerprint density at radius 3 is 2.43 bits per heavy atom. The standard InChI is InChI=1S/C19H21ClN2O5S/c1-4-17(22(28(3,25)26)16-10-6-8-14(20)12-16)18(23)21-15-9-5-7-13(11-15)19(24)27-2/h5-12,17H,4H2,1-3H3,(H,21,23). The fraction of sp³-hybridized carbons (Fsp3) is 0.263. The highest BCUT2D eigenvalue weighted by Crippen LogP contribution is 2.26. The number of carbonyl (C=O) groups is 2. The van der Waals surface area contributed by atoms with Crippen LogP contribution >= 0.6 is 11.6 Å². The summed E-state index contributed by atoms with van der Waals surface area (Å²) in [4.78, 5) is 24.5. The maximum absolute atomic E-state index is 12.9. The van der Waals surface area contributed by atoms with Crippen LogP contribution in [0.4, 0.5) is 11.4 Å². The van der Waals surface area contributed by atoms with Crippen molar-refractivity contribution in [3.63, 3.8) is 0 Å². The number of methoxy groups -OCH3 is 1. The first-order valence-corrected chi connectivity index (χ1v) is 10.6. The average molecular weight is 425 g/mol. The number of rotatable bonds is 7. The summed E-state index contributed by atoms with van der Waals surface area (Å²) in [6, 6.07) is 11.5. The van der Waals surface area contributed by atoms with Gasteiger partial charge >= 0.3 is 5.97 Å². The molecule has 0 aliphatic carbocycles. The van der Waals surface area contributed by atoms with Crippen LogP contribution in [-0.2, 0) is 19.6 Å². The van der Waals surface area contributed by atoms with Crippen LogP contribution in [0.2, 0.25) is 5.02 Å². The number of ether oxygens (including phenoxy) is 1. The monoisotopic (exact) mass is 424 g/mol. The van der Waals surface area contributed by atoms with Crippen LogP contribution in [-0.4, -0.2) is 39.7 Å². The molecule has 7 nitrogen and oxygen atoms in total. The van der Waals surface area contributed by atoms with E-state index in [1.165, 1.54) is 19.2 Å². The van der Waals surface area contributed by atoms with Gasteiger partial charge in [0.05, 0.1) is 24.6 Å². The third-order valence-corrected chi connectivity index (χ3v) is 5.36. The van der Waals surface area contributed by atoms with E-state index in [9.17, 15) is 18.0 Å². The summed E-state index contributed by atoms with van der Waals surface area (Å²) in [5.41, 5.74) is 0.911. The van der Waals surface area contributed by atoms with Crippen molar-refractivity contribution in [2.45, 2.75) is 19.4 Å². The van der Waals surface area contributed by atoms with E-state index in [1.54, 1.807) is 43.3 Å². The van der Waals surface area contributed by atoms with Gasteiger partial charge in [-0.2, -0.15) is 0 Å². The van der Waals surface area contributed by atoms with Gasteiger partial charge in [0.2, 0.25) is 15.9 Å². The minimum atomic E-state index is -3.77. The fourth-order valence-electron chi connectivity index (χ4n) is 2.74. The maximum atomic E-state index is 12.9. The number of halogens is 1. The lowest BCUT2D eigenvalue weighted by Gasteiger charge is -2.30. The van der Waals surface area contributed by atoms with E-state index in [2.05, 4.69) is 10.1 Å². The number of nitrogens with one attached hydrogen (secondary N) is 1. The van der Waals surface area contributed by atoms with E-state index >= 15 is 0 Å². The highest BCUT2D eigenvalue weighted by molar-refractivity contribution is 7.92. The molecule has 0 fully saturated rings. The molecule has 1 amide bonds. The number of hydrogen-bond donors (Lipinski definition) is 1. The van der Waals surface area contributed by atoms with E-state index in [0.717, 1.165) is 10.6 Å². The Labute approximate surface area is 169 Å². The van der Waals surface area contributed by atoms with Crippen LogP contribution in [0.15, 0.2) is 48.5 Å². The molecule has 0 saturated carbocycles. The molecule has 150 valence electrons. The van der Waals surface area contributed by atoms with Crippen LogP contribution in [0, 0.1) is 0 Å². The van der Waals surface area contributed by atoms with E-state index in [0.29, 0.717) is 16.4 Å². The third kappa shape index (κ3) is 5.24. The number of nitrogens with zero attached hydrogens (tertiary/aromatic N) is 1. The number of hydrogen-bond acceptors (Lipinski definition) is 5. The number of anilines is 2. The lowest BCUT2D eigenvalue weighted by atomic mass is 10.1. The van der Waals surface area contributed by atoms with Crippen molar-refractivity contribution in [1.29, 1.82) is 0 Å². The van der Waals surface area contributed by atoms with Gasteiger partial charge in [0.25, 0.3) is 0 Å². The van der Waals surface area contributed by atoms with Crippen molar-refractivity contribution in [3.8, 4) is 0 Å². The van der Waals surface area contributed by atoms with Gasteiger partial charge in [-0.05, 0) is 42.8 Å². The quantitative estimate of drug-likeness (QED) is 0.688. The number of amides is 1. The Morgan fingerprint density at radius 1 is 1.18 bits per heavy atom. The molecule has 0 bridgehead atoms. The number of carbonyl (C=O) groups excluding carboxylic acids is 2. The van der Waals surface area contributed by atoms with Crippen molar-refractivity contribution < 1.29 is 22.7 Å². The SMILES string of the molecule is CCC(C(=O)Nc1cccc(C(=O)OC)c1)N(c1cccc(Cl)c1)S(C)(=O)=O. The summed E-state index contributed by atoms with van der Waals surface area (Å²) < 4.78 is 30.6. The Balaban J connectivity index is 2.36. The van der Waals surface area contributed by atoms with Crippen LogP contribution < -0.4 is 9.62 Å². The summed E-state index contributed by atoms with van der Waals surface area (Å²) in [5, 5.41) is 3.02. The third-order valence-electron chi connectivity index (χ3n) is 3.94. The van der Waals surface area contributed by atoms with Gasteiger partial charge in [-0.15, -0.1) is 0 Å². The first kappa shape index (κ1) is 21.7. The van der Waals surface area contributed by atoms with Crippen LogP contribution in [0.1, 0.15) is 23.7 Å². The largest absolute Gasteiger partial charge is 0.465 e. The number of esters is 1. The van der Waals surface area contributed by atoms with Crippen molar-refractivity contribution in [1.82, 2.24) is 0 Å². The molecule has 2 rings (SSSR count). The van der Waals surface area contributed by atoms with E-state index < -0.39 is 27.9 Å². The van der Waals surface area contributed by atoms with Crippen molar-refractivity contribution >= 4 is 44.9 Å². The second kappa shape index (κ2) is 9.07. The summed E-state index contributed by atoms with van der Waals surface area (Å²) in [6.45, 7) is 1.71. The minimum absolute atomic E-state index is 0.224. The molecule has 0 saturated heterocycles. The summed E-state index contributed by atoms with van der Waals surface area (Å²) in [7, 11) is -2.51. The predicted octanol–water partition coefficient (Wildman–Crippen LogP) is 3.31. The van der Waals surface area contributed by atoms with Gasteiger partial charge in [-0.3, -0.25) is 9.10 Å². The van der Waals surface area contributed by atoms with Crippen LogP contribution in [0.25, 0.3) is 0 Å². The smallest absolute Gasteiger partial charge is 0.337 e. The zero-order valence-electron chi connectivity index (χ0n) is 15.7. The Hall–Kier alpha value is -2.58. The highest BCUT2D eigenvalue weighted by atomic mass is 35.5. The zero-order valence-corrected chi connectivity index (χ0v) is 17.3. The van der Waals surface area contributed by atoms with Crippen molar-refractivity contribution in [3.05, 3.63) is 59.1 Å². The normalized spacial score (nSPS) is 12.1. The molecule has 0 aliphatic heterocycles. The number of benzene rings is 2. The highest BCUT2D eigenvalue weighted by Gasteiger charge is 2.31. The summed E-state index contributed by atoms with van der Waals surface area (Å²) in [5.74, 6) is -1.07. The first-order valence-electron chi connectivity index (χ1n) is 8.41. The molecule has 0 aromatic heterocycles. The molecule has 0 spiro atoms. The molecule has 0 radical (unpaired) electrons. The molecule has 1 unspecified atom stereocenters. The van der Waals surface area contributed by atoms with Gasteiger partial charge in [0, 0.05) is 10.7 Å². The molecule has 0 aliphatic rings. The Bertz CT molecular complexity index is 978. The molecule has 2 aromatic carbocycles. The lowest BCUT2D eigenvalue weighted by molar-refractivity contribution is -0.117. The predicted molar refractivity (Wildman–Crippen MR) is 109 cm³/mol. The Morgan fingerprint density at radius 2 is 1.86 bits per heavy atom. The maximum Gasteiger partial charge on any atom is 0.337 e. The summed E-state index contributed by atoms with van der Waals surface area (Å²) >= 11 is 5.99. The van der Waals surface area contributed by atoms with Gasteiger partial charge < -0.3 is 10.1 Å². The van der Waals surface area contributed by atoms with Crippen molar-refractivity contribution in [2.75, 3.05) is 23.0 Å². The molecule has 0 heterocycles. The fourth-order valence-corrected chi connectivity index (χ4v) is 4.13. The molecule has 9 heteroatoms. The first-order chi connectivity index (χ1) is 13.2. The van der Waals surface area contributed by atoms with Gasteiger partial charge in [0.1, 0.15) is 6.04 Å². The molecular weight excluding hydrogens is 404 g/mol. The zero-order chi connectivity index (χ0) is 20.9. The van der Waals surface area contributed by atoms with E-state index in [1.807, 2.05) is 0 Å². The topological polar surface area (TPSA) is 92.8 Å². The van der Waals surface area contributed by atoms with Gasteiger partial charge in [-0.1, -0.05) is 30.7 Å². The van der Waals surface area contributed by atoms with Crippen LogP contribution in [0.5, 0.6) is 0 Å². The molecule has 1 N–H and O–H groups in total. The van der Waals surface area contributed by atoms with Crippen molar-refractivity contribution in [2.24, 2.45) is 0 Å². The molecule has 28 heavy (non-hydrogen) atoms.